The smallest absolute Gasteiger partial charge is 0.121 e. The highest BCUT2D eigenvalue weighted by atomic mass is 15.0. The molecule has 3 rings (SSSR count). The van der Waals surface area contributed by atoms with E-state index in [9.17, 15) is 0 Å². The van der Waals surface area contributed by atoms with Crippen LogP contribution < -0.4 is 11.1 Å². The van der Waals surface area contributed by atoms with Gasteiger partial charge in [0, 0.05) is 12.2 Å². The first kappa shape index (κ1) is 11.7. The average molecular weight is 252 g/mol. The van der Waals surface area contributed by atoms with Crippen LogP contribution in [0.2, 0.25) is 0 Å². The van der Waals surface area contributed by atoms with Crippen LogP contribution in [0.5, 0.6) is 0 Å². The molecule has 0 aliphatic carbocycles. The van der Waals surface area contributed by atoms with Crippen LogP contribution in [0.25, 0.3) is 11.0 Å². The van der Waals surface area contributed by atoms with Gasteiger partial charge in [-0.2, -0.15) is 0 Å². The molecule has 4 heteroatoms. The lowest BCUT2D eigenvalue weighted by molar-refractivity contribution is 0.670. The van der Waals surface area contributed by atoms with Crippen molar-refractivity contribution in [3.8, 4) is 0 Å². The Balaban J connectivity index is 1.63. The summed E-state index contributed by atoms with van der Waals surface area (Å²) in [5.74, 6) is 0.949. The zero-order valence-corrected chi connectivity index (χ0v) is 10.6. The molecule has 0 saturated heterocycles. The lowest BCUT2D eigenvalue weighted by atomic mass is 10.2. The lowest BCUT2D eigenvalue weighted by Crippen LogP contribution is -2.13. The van der Waals surface area contributed by atoms with Gasteiger partial charge in [0.25, 0.3) is 0 Å². The molecule has 4 N–H and O–H groups in total. The minimum Gasteiger partial charge on any atom is -0.399 e. The number of rotatable bonds is 4. The topological polar surface area (TPSA) is 66.7 Å². The van der Waals surface area contributed by atoms with Gasteiger partial charge in [-0.1, -0.05) is 24.3 Å². The van der Waals surface area contributed by atoms with Crippen LogP contribution in [-0.2, 0) is 13.1 Å². The number of nitrogens with one attached hydrogen (secondary N) is 2. The number of nitrogen functional groups attached to an aromatic ring is 1. The zero-order valence-electron chi connectivity index (χ0n) is 10.6. The Labute approximate surface area is 111 Å². The summed E-state index contributed by atoms with van der Waals surface area (Å²) in [5.41, 5.74) is 9.79. The number of hydrogen-bond acceptors (Lipinski definition) is 3. The molecule has 0 radical (unpaired) electrons. The molecule has 0 saturated carbocycles. The van der Waals surface area contributed by atoms with Gasteiger partial charge >= 0.3 is 0 Å². The van der Waals surface area contributed by atoms with E-state index in [1.807, 2.05) is 42.5 Å². The Morgan fingerprint density at radius 2 is 1.95 bits per heavy atom. The van der Waals surface area contributed by atoms with E-state index in [1.165, 1.54) is 5.56 Å². The number of aromatic amines is 1. The number of anilines is 1. The van der Waals surface area contributed by atoms with Crippen LogP contribution in [0.4, 0.5) is 5.69 Å². The largest absolute Gasteiger partial charge is 0.399 e. The van der Waals surface area contributed by atoms with Crippen LogP contribution in [0.15, 0.2) is 48.5 Å². The Morgan fingerprint density at radius 3 is 2.79 bits per heavy atom. The second kappa shape index (κ2) is 5.12. The highest BCUT2D eigenvalue weighted by molar-refractivity contribution is 5.74. The molecule has 0 aliphatic rings. The van der Waals surface area contributed by atoms with Crippen molar-refractivity contribution in [3.05, 3.63) is 59.9 Å². The monoisotopic (exact) mass is 252 g/mol. The van der Waals surface area contributed by atoms with Crippen LogP contribution in [-0.4, -0.2) is 9.97 Å². The molecule has 0 aliphatic heterocycles. The minimum atomic E-state index is 0.712. The molecule has 0 spiro atoms. The number of aromatic nitrogens is 2. The van der Waals surface area contributed by atoms with Crippen molar-refractivity contribution < 1.29 is 0 Å². The summed E-state index contributed by atoms with van der Waals surface area (Å²) in [7, 11) is 0. The standard InChI is InChI=1S/C15H16N4/c16-12-5-3-4-11(8-12)9-17-10-15-18-13-6-1-2-7-14(13)19-15/h1-8,17H,9-10,16H2,(H,18,19). The molecule has 0 atom stereocenters. The SMILES string of the molecule is Nc1cccc(CNCc2nc3ccccc3[nH]2)c1. The van der Waals surface area contributed by atoms with Crippen molar-refractivity contribution in [1.82, 2.24) is 15.3 Å². The third kappa shape index (κ3) is 2.74. The number of benzene rings is 2. The van der Waals surface area contributed by atoms with E-state index in [0.717, 1.165) is 29.1 Å². The minimum absolute atomic E-state index is 0.712. The third-order valence-electron chi connectivity index (χ3n) is 3.01. The lowest BCUT2D eigenvalue weighted by Gasteiger charge is -2.03. The van der Waals surface area contributed by atoms with Gasteiger partial charge < -0.3 is 16.0 Å². The fraction of sp³-hybridized carbons (Fsp3) is 0.133. The molecule has 19 heavy (non-hydrogen) atoms. The number of imidazole rings is 1. The number of nitrogens with two attached hydrogens (primary N) is 1. The molecule has 4 nitrogen and oxygen atoms in total. The molecule has 3 aromatic rings. The molecule has 1 aromatic heterocycles. The third-order valence-corrected chi connectivity index (χ3v) is 3.01. The van der Waals surface area contributed by atoms with Gasteiger partial charge in [0.05, 0.1) is 17.6 Å². The molecular formula is C15H16N4. The van der Waals surface area contributed by atoms with Gasteiger partial charge in [-0.3, -0.25) is 0 Å². The molecule has 0 bridgehead atoms. The van der Waals surface area contributed by atoms with Crippen LogP contribution in [0, 0.1) is 0 Å². The highest BCUT2D eigenvalue weighted by Crippen LogP contribution is 2.10. The molecule has 2 aromatic carbocycles. The zero-order chi connectivity index (χ0) is 13.1. The highest BCUT2D eigenvalue weighted by Gasteiger charge is 2.01. The van der Waals surface area contributed by atoms with E-state index in [4.69, 9.17) is 5.73 Å². The Morgan fingerprint density at radius 1 is 1.05 bits per heavy atom. The maximum absolute atomic E-state index is 5.75. The molecular weight excluding hydrogens is 236 g/mol. The van der Waals surface area contributed by atoms with Gasteiger partial charge in [0.1, 0.15) is 5.82 Å². The first-order valence-corrected chi connectivity index (χ1v) is 6.30. The summed E-state index contributed by atoms with van der Waals surface area (Å²) in [6.07, 6.45) is 0. The van der Waals surface area contributed by atoms with Crippen LogP contribution >= 0.6 is 0 Å². The normalized spacial score (nSPS) is 10.9. The van der Waals surface area contributed by atoms with Crippen molar-refractivity contribution in [2.75, 3.05) is 5.73 Å². The van der Waals surface area contributed by atoms with Gasteiger partial charge in [-0.05, 0) is 29.8 Å². The molecule has 0 fully saturated rings. The second-order valence-electron chi connectivity index (χ2n) is 4.55. The van der Waals surface area contributed by atoms with Gasteiger partial charge in [0.2, 0.25) is 0 Å². The van der Waals surface area contributed by atoms with Crippen molar-refractivity contribution in [2.24, 2.45) is 0 Å². The van der Waals surface area contributed by atoms with Crippen LogP contribution in [0.1, 0.15) is 11.4 Å². The fourth-order valence-electron chi connectivity index (χ4n) is 2.12. The van der Waals surface area contributed by atoms with E-state index in [2.05, 4.69) is 21.4 Å². The first-order chi connectivity index (χ1) is 9.31. The molecule has 1 heterocycles. The predicted molar refractivity (Wildman–Crippen MR) is 77.5 cm³/mol. The summed E-state index contributed by atoms with van der Waals surface area (Å²) < 4.78 is 0. The number of nitrogens with zero attached hydrogens (tertiary/aromatic N) is 1. The quantitative estimate of drug-likeness (QED) is 0.625. The number of fused-ring (bicyclic) bond motifs is 1. The summed E-state index contributed by atoms with van der Waals surface area (Å²) in [6, 6.07) is 15.9. The van der Waals surface area contributed by atoms with E-state index in [-0.39, 0.29) is 0 Å². The Kier molecular flexibility index (Phi) is 3.16. The summed E-state index contributed by atoms with van der Waals surface area (Å²) in [6.45, 7) is 1.49. The predicted octanol–water partition coefficient (Wildman–Crippen LogP) is 2.43. The molecule has 0 amide bonds. The van der Waals surface area contributed by atoms with E-state index >= 15 is 0 Å². The van der Waals surface area contributed by atoms with Crippen molar-refractivity contribution in [2.45, 2.75) is 13.1 Å². The van der Waals surface area contributed by atoms with Crippen molar-refractivity contribution in [1.29, 1.82) is 0 Å². The van der Waals surface area contributed by atoms with Crippen LogP contribution in [0.3, 0.4) is 0 Å². The average Bonchev–Trinajstić information content (AvgIpc) is 2.81. The Hall–Kier alpha value is -2.33. The van der Waals surface area contributed by atoms with E-state index < -0.39 is 0 Å². The fourth-order valence-corrected chi connectivity index (χ4v) is 2.12. The maximum atomic E-state index is 5.75. The number of para-hydroxylation sites is 2. The first-order valence-electron chi connectivity index (χ1n) is 6.30. The van der Waals surface area contributed by atoms with Crippen molar-refractivity contribution >= 4 is 16.7 Å². The summed E-state index contributed by atoms with van der Waals surface area (Å²) in [4.78, 5) is 7.81. The van der Waals surface area contributed by atoms with E-state index in [0.29, 0.717) is 6.54 Å². The van der Waals surface area contributed by atoms with E-state index in [1.54, 1.807) is 0 Å². The number of hydrogen-bond donors (Lipinski definition) is 3. The van der Waals surface area contributed by atoms with Gasteiger partial charge in [-0.25, -0.2) is 4.98 Å². The number of H-pyrrole nitrogens is 1. The summed E-state index contributed by atoms with van der Waals surface area (Å²) in [5, 5.41) is 3.36. The maximum Gasteiger partial charge on any atom is 0.121 e. The Bertz CT molecular complexity index is 654. The van der Waals surface area contributed by atoms with Gasteiger partial charge in [-0.15, -0.1) is 0 Å². The van der Waals surface area contributed by atoms with Gasteiger partial charge in [0.15, 0.2) is 0 Å². The molecule has 0 unspecified atom stereocenters. The summed E-state index contributed by atoms with van der Waals surface area (Å²) >= 11 is 0. The molecule has 96 valence electrons. The van der Waals surface area contributed by atoms with Crippen molar-refractivity contribution in [3.63, 3.8) is 0 Å². The second-order valence-corrected chi connectivity index (χ2v) is 4.55.